The van der Waals surface area contributed by atoms with Gasteiger partial charge in [-0.05, 0) is 87.2 Å². The summed E-state index contributed by atoms with van der Waals surface area (Å²) >= 11 is 1.79. The topological polar surface area (TPSA) is 35.9 Å². The van der Waals surface area contributed by atoms with Gasteiger partial charge in [0, 0.05) is 16.8 Å². The lowest BCUT2D eigenvalue weighted by Gasteiger charge is -2.16. The van der Waals surface area contributed by atoms with Gasteiger partial charge >= 0.3 is 0 Å². The summed E-state index contributed by atoms with van der Waals surface area (Å²) in [5.41, 5.74) is 10.8. The zero-order valence-corrected chi connectivity index (χ0v) is 29.5. The summed E-state index contributed by atoms with van der Waals surface area (Å²) in [7, 11) is 0. The highest BCUT2D eigenvalue weighted by atomic mass is 32.2. The largest absolute Gasteiger partial charge is 0.373 e. The number of hydrogen-bond acceptors (Lipinski definition) is 3. The van der Waals surface area contributed by atoms with E-state index in [1.54, 1.807) is 11.8 Å². The predicted molar refractivity (Wildman–Crippen MR) is 216 cm³/mol. The Morgan fingerprint density at radius 3 is 1.67 bits per heavy atom. The summed E-state index contributed by atoms with van der Waals surface area (Å²) in [6.07, 6.45) is 3.58. The Balaban J connectivity index is 0.000000260. The average molecular weight is 657 g/mol. The molecule has 0 aliphatic heterocycles. The molecule has 0 aromatic heterocycles. The zero-order chi connectivity index (χ0) is 34.4. The number of rotatable bonds is 8. The van der Waals surface area contributed by atoms with Gasteiger partial charge in [-0.2, -0.15) is 0 Å². The van der Waals surface area contributed by atoms with E-state index >= 15 is 0 Å². The van der Waals surface area contributed by atoms with Crippen molar-refractivity contribution in [2.45, 2.75) is 31.7 Å². The van der Waals surface area contributed by atoms with E-state index in [0.29, 0.717) is 0 Å². The molecule has 0 bridgehead atoms. The highest BCUT2D eigenvalue weighted by Gasteiger charge is 2.10. The molecule has 0 saturated heterocycles. The van der Waals surface area contributed by atoms with E-state index in [4.69, 9.17) is 5.41 Å². The van der Waals surface area contributed by atoms with Gasteiger partial charge in [0.2, 0.25) is 0 Å². The van der Waals surface area contributed by atoms with Gasteiger partial charge in [-0.3, -0.25) is 0 Å². The second-order valence-electron chi connectivity index (χ2n) is 11.5. The molecule has 0 fully saturated rings. The van der Waals surface area contributed by atoms with Crippen molar-refractivity contribution in [2.75, 3.05) is 11.6 Å². The van der Waals surface area contributed by atoms with Crippen LogP contribution in [-0.4, -0.2) is 12.5 Å². The third kappa shape index (κ3) is 9.16. The molecule has 0 saturated carbocycles. The van der Waals surface area contributed by atoms with Gasteiger partial charge in [0.05, 0.1) is 6.04 Å². The fourth-order valence-corrected chi connectivity index (χ4v) is 6.32. The normalized spacial score (nSPS) is 10.9. The van der Waals surface area contributed by atoms with Crippen LogP contribution in [0.2, 0.25) is 0 Å². The van der Waals surface area contributed by atoms with Crippen LogP contribution in [0, 0.1) is 12.3 Å². The number of nitrogens with one attached hydrogen (secondary N) is 2. The number of fused-ring (bicyclic) bond motifs is 1. The molecule has 0 aliphatic carbocycles. The molecule has 2 N–H and O–H groups in total. The van der Waals surface area contributed by atoms with E-state index in [1.807, 2.05) is 50.2 Å². The molecular formula is C46H44N2S. The molecule has 0 spiro atoms. The molecule has 1 unspecified atom stereocenters. The predicted octanol–water partition coefficient (Wildman–Crippen LogP) is 13.4. The van der Waals surface area contributed by atoms with Gasteiger partial charge in [0.25, 0.3) is 0 Å². The summed E-state index contributed by atoms with van der Waals surface area (Å²) < 4.78 is 0. The fourth-order valence-electron chi connectivity index (χ4n) is 5.68. The lowest BCUT2D eigenvalue weighted by Crippen LogP contribution is -2.11. The summed E-state index contributed by atoms with van der Waals surface area (Å²) in [6.45, 7) is 6.11. The summed E-state index contributed by atoms with van der Waals surface area (Å²) in [6, 6.07) is 59.3. The first-order valence-corrected chi connectivity index (χ1v) is 18.1. The summed E-state index contributed by atoms with van der Waals surface area (Å²) in [4.78, 5) is 1.29. The van der Waals surface area contributed by atoms with E-state index in [2.05, 4.69) is 152 Å². The third-order valence-electron chi connectivity index (χ3n) is 8.27. The molecular weight excluding hydrogens is 613 g/mol. The first kappa shape index (κ1) is 34.9. The quantitative estimate of drug-likeness (QED) is 0.126. The molecule has 49 heavy (non-hydrogen) atoms. The molecule has 0 amide bonds. The van der Waals surface area contributed by atoms with Crippen molar-refractivity contribution in [3.05, 3.63) is 181 Å². The lowest BCUT2D eigenvalue weighted by atomic mass is 9.98. The van der Waals surface area contributed by atoms with Crippen molar-refractivity contribution >= 4 is 34.4 Å². The Morgan fingerprint density at radius 1 is 0.531 bits per heavy atom. The van der Waals surface area contributed by atoms with E-state index in [1.165, 1.54) is 55.3 Å². The molecule has 3 heteroatoms. The molecule has 244 valence electrons. The van der Waals surface area contributed by atoms with Crippen LogP contribution in [0.3, 0.4) is 0 Å². The van der Waals surface area contributed by atoms with E-state index in [9.17, 15) is 0 Å². The zero-order valence-electron chi connectivity index (χ0n) is 28.7. The maximum absolute atomic E-state index is 7.86. The highest BCUT2D eigenvalue weighted by Crippen LogP contribution is 2.35. The van der Waals surface area contributed by atoms with Crippen molar-refractivity contribution in [3.63, 3.8) is 0 Å². The van der Waals surface area contributed by atoms with Crippen LogP contribution < -0.4 is 5.32 Å². The van der Waals surface area contributed by atoms with Crippen molar-refractivity contribution in [1.29, 1.82) is 5.41 Å². The SMILES string of the molecule is CC.CSc1cc2ccccc2cc1-c1ccc(-c2cccc(NC(C=N)c3ccccc3)c2)cc1.Cc1ccc(-c2ccccc2)cc1. The minimum atomic E-state index is -0.156. The molecule has 7 aromatic rings. The minimum Gasteiger partial charge on any atom is -0.373 e. The van der Waals surface area contributed by atoms with E-state index in [0.717, 1.165) is 16.8 Å². The number of benzene rings is 7. The Hall–Kier alpha value is -5.38. The number of thioether (sulfide) groups is 1. The van der Waals surface area contributed by atoms with Gasteiger partial charge in [-0.15, -0.1) is 11.8 Å². The van der Waals surface area contributed by atoms with Crippen LogP contribution in [0.15, 0.2) is 175 Å². The Labute approximate surface area is 296 Å². The number of hydrogen-bond donors (Lipinski definition) is 2. The lowest BCUT2D eigenvalue weighted by molar-refractivity contribution is 1.05. The van der Waals surface area contributed by atoms with Crippen LogP contribution in [0.1, 0.15) is 31.0 Å². The van der Waals surface area contributed by atoms with Crippen molar-refractivity contribution in [1.82, 2.24) is 0 Å². The van der Waals surface area contributed by atoms with Crippen LogP contribution >= 0.6 is 11.8 Å². The monoisotopic (exact) mass is 656 g/mol. The van der Waals surface area contributed by atoms with Crippen molar-refractivity contribution < 1.29 is 0 Å². The molecule has 1 atom stereocenters. The minimum absolute atomic E-state index is 0.156. The fraction of sp³-hybridized carbons (Fsp3) is 0.109. The Morgan fingerprint density at radius 2 is 1.04 bits per heavy atom. The third-order valence-corrected chi connectivity index (χ3v) is 9.04. The standard InChI is InChI=1S/C31H26N2S.C13H12.C2H6/c1-34-31-20-27-11-6-5-10-26(27)19-29(31)23-16-14-22(15-17-23)25-12-7-13-28(18-25)33-30(21-32)24-8-3-2-4-9-24;1-11-7-9-13(10-8-11)12-5-3-2-4-6-12;1-2/h2-21,30,32-33H,1H3;2-10H,1H3;1-2H3. The number of aryl methyl sites for hydroxylation is 1. The van der Waals surface area contributed by atoms with Gasteiger partial charge < -0.3 is 10.7 Å². The van der Waals surface area contributed by atoms with Gasteiger partial charge in [-0.1, -0.05) is 165 Å². The Kier molecular flexibility index (Phi) is 12.6. The van der Waals surface area contributed by atoms with E-state index < -0.39 is 0 Å². The molecule has 0 heterocycles. The molecule has 2 nitrogen and oxygen atoms in total. The van der Waals surface area contributed by atoms with Crippen LogP contribution in [0.4, 0.5) is 5.69 Å². The smallest absolute Gasteiger partial charge is 0.0862 e. The number of anilines is 1. The molecule has 0 radical (unpaired) electrons. The Bertz CT molecular complexity index is 2050. The molecule has 7 aromatic carbocycles. The first-order valence-electron chi connectivity index (χ1n) is 16.8. The highest BCUT2D eigenvalue weighted by molar-refractivity contribution is 7.98. The maximum atomic E-state index is 7.86. The van der Waals surface area contributed by atoms with Crippen LogP contribution in [-0.2, 0) is 0 Å². The van der Waals surface area contributed by atoms with Gasteiger partial charge in [-0.25, -0.2) is 0 Å². The summed E-state index contributed by atoms with van der Waals surface area (Å²) in [5, 5.41) is 13.9. The van der Waals surface area contributed by atoms with Crippen molar-refractivity contribution in [2.24, 2.45) is 0 Å². The van der Waals surface area contributed by atoms with Gasteiger partial charge in [0.15, 0.2) is 0 Å². The average Bonchev–Trinajstić information content (AvgIpc) is 3.18. The summed E-state index contributed by atoms with van der Waals surface area (Å²) in [5.74, 6) is 0. The first-order chi connectivity index (χ1) is 24.1. The molecule has 7 rings (SSSR count). The van der Waals surface area contributed by atoms with Crippen molar-refractivity contribution in [3.8, 4) is 33.4 Å². The van der Waals surface area contributed by atoms with E-state index in [-0.39, 0.29) is 6.04 Å². The molecule has 0 aliphatic rings. The van der Waals surface area contributed by atoms with Gasteiger partial charge in [0.1, 0.15) is 0 Å². The maximum Gasteiger partial charge on any atom is 0.0862 e. The second kappa shape index (κ2) is 17.7. The second-order valence-corrected chi connectivity index (χ2v) is 12.3. The van der Waals surface area contributed by atoms with Crippen LogP contribution in [0.5, 0.6) is 0 Å². The van der Waals surface area contributed by atoms with Crippen LogP contribution in [0.25, 0.3) is 44.2 Å².